The van der Waals surface area contributed by atoms with Crippen LogP contribution in [-0.2, 0) is 9.16 Å². The van der Waals surface area contributed by atoms with Gasteiger partial charge in [0.25, 0.3) is 13.9 Å². The molecule has 3 aromatic rings. The van der Waals surface area contributed by atoms with Gasteiger partial charge in [-0.3, -0.25) is 14.3 Å². The van der Waals surface area contributed by atoms with E-state index in [4.69, 9.17) is 9.16 Å². The zero-order valence-corrected chi connectivity index (χ0v) is 20.4. The third kappa shape index (κ3) is 4.33. The number of aliphatic hydroxyl groups is 2. The van der Waals surface area contributed by atoms with Crippen LogP contribution >= 0.6 is 0 Å². The van der Waals surface area contributed by atoms with Crippen molar-refractivity contribution in [3.05, 3.63) is 93.8 Å². The first-order valence-corrected chi connectivity index (χ1v) is 13.1. The lowest BCUT2D eigenvalue weighted by Gasteiger charge is -2.43. The predicted molar refractivity (Wildman–Crippen MR) is 131 cm³/mol. The molecule has 2 aromatic carbocycles. The number of nitrogens with zero attached hydrogens (tertiary/aromatic N) is 1. The van der Waals surface area contributed by atoms with Gasteiger partial charge < -0.3 is 19.4 Å². The highest BCUT2D eigenvalue weighted by molar-refractivity contribution is 6.99. The van der Waals surface area contributed by atoms with Crippen molar-refractivity contribution >= 4 is 18.7 Å². The second-order valence-electron chi connectivity index (χ2n) is 9.54. The first kappa shape index (κ1) is 24.3. The maximum absolute atomic E-state index is 12.2. The highest BCUT2D eigenvalue weighted by Crippen LogP contribution is 2.38. The molecule has 0 bridgehead atoms. The minimum absolute atomic E-state index is 0.0140. The number of aromatic nitrogens is 2. The first-order chi connectivity index (χ1) is 16.1. The molecule has 8 nitrogen and oxygen atoms in total. The van der Waals surface area contributed by atoms with Crippen LogP contribution in [0.4, 0.5) is 0 Å². The Morgan fingerprint density at radius 1 is 0.941 bits per heavy atom. The SMILES string of the molecule is CC(C)(C)[Si](OCC1OC(n2ccc(=O)[nH]c2=O)C(O)C1O)(c1ccccc1)c1ccccc1. The molecular weight excluding hydrogens is 452 g/mol. The van der Waals surface area contributed by atoms with Gasteiger partial charge in [-0.1, -0.05) is 81.4 Å². The standard InChI is InChI=1S/C25H30N2O6Si/c1-25(2,3)34(17-10-6-4-7-11-17,18-12-8-5-9-13-18)32-16-19-21(29)22(30)23(33-19)27-15-14-20(28)26-24(27)31/h4-15,19,21-23,29-30H,16H2,1-3H3,(H,26,28,31). The number of aromatic amines is 1. The summed E-state index contributed by atoms with van der Waals surface area (Å²) in [7, 11) is -2.88. The van der Waals surface area contributed by atoms with Crippen molar-refractivity contribution in [2.24, 2.45) is 0 Å². The minimum atomic E-state index is -2.88. The van der Waals surface area contributed by atoms with Crippen LogP contribution < -0.4 is 21.6 Å². The van der Waals surface area contributed by atoms with E-state index in [9.17, 15) is 19.8 Å². The maximum atomic E-state index is 12.2. The van der Waals surface area contributed by atoms with Crippen molar-refractivity contribution in [3.8, 4) is 0 Å². The average Bonchev–Trinajstić information content (AvgIpc) is 3.08. The molecule has 1 saturated heterocycles. The summed E-state index contributed by atoms with van der Waals surface area (Å²) in [6.07, 6.45) is -3.42. The lowest BCUT2D eigenvalue weighted by atomic mass is 10.1. The number of rotatable bonds is 6. The van der Waals surface area contributed by atoms with Crippen molar-refractivity contribution in [1.82, 2.24) is 9.55 Å². The van der Waals surface area contributed by atoms with Crippen LogP contribution in [0.15, 0.2) is 82.5 Å². The molecular formula is C25H30N2O6Si. The molecule has 180 valence electrons. The summed E-state index contributed by atoms with van der Waals surface area (Å²) in [5.74, 6) is 0. The molecule has 34 heavy (non-hydrogen) atoms. The van der Waals surface area contributed by atoms with E-state index in [0.717, 1.165) is 21.0 Å². The molecule has 9 heteroatoms. The van der Waals surface area contributed by atoms with Crippen molar-refractivity contribution in [1.29, 1.82) is 0 Å². The van der Waals surface area contributed by atoms with E-state index in [1.807, 2.05) is 36.4 Å². The summed E-state index contributed by atoms with van der Waals surface area (Å²) in [6, 6.07) is 21.3. The number of benzene rings is 2. The van der Waals surface area contributed by atoms with E-state index in [2.05, 4.69) is 50.0 Å². The second kappa shape index (κ2) is 9.44. The largest absolute Gasteiger partial charge is 0.405 e. The molecule has 4 unspecified atom stereocenters. The van der Waals surface area contributed by atoms with Crippen LogP contribution in [0, 0.1) is 0 Å². The molecule has 0 amide bonds. The van der Waals surface area contributed by atoms with Gasteiger partial charge in [0.05, 0.1) is 6.61 Å². The third-order valence-electron chi connectivity index (χ3n) is 6.34. The molecule has 0 saturated carbocycles. The Kier molecular flexibility index (Phi) is 6.75. The van der Waals surface area contributed by atoms with Gasteiger partial charge in [0, 0.05) is 12.3 Å². The van der Waals surface area contributed by atoms with E-state index in [0.29, 0.717) is 0 Å². The number of hydrogen-bond donors (Lipinski definition) is 3. The molecule has 3 N–H and O–H groups in total. The molecule has 1 aliphatic rings. The molecule has 0 aliphatic carbocycles. The maximum Gasteiger partial charge on any atom is 0.330 e. The van der Waals surface area contributed by atoms with Crippen LogP contribution in [0.3, 0.4) is 0 Å². The Morgan fingerprint density at radius 3 is 2.00 bits per heavy atom. The van der Waals surface area contributed by atoms with E-state index in [1.165, 1.54) is 6.20 Å². The second-order valence-corrected chi connectivity index (χ2v) is 13.8. The molecule has 1 fully saturated rings. The van der Waals surface area contributed by atoms with Crippen molar-refractivity contribution in [2.75, 3.05) is 6.61 Å². The predicted octanol–water partition coefficient (Wildman–Crippen LogP) is 0.732. The lowest BCUT2D eigenvalue weighted by molar-refractivity contribution is -0.0527. The monoisotopic (exact) mass is 482 g/mol. The smallest absolute Gasteiger partial charge is 0.330 e. The van der Waals surface area contributed by atoms with E-state index in [-0.39, 0.29) is 11.6 Å². The Bertz CT molecular complexity index is 1180. The molecule has 0 spiro atoms. The van der Waals surface area contributed by atoms with Crippen LogP contribution in [0.25, 0.3) is 0 Å². The van der Waals surface area contributed by atoms with Gasteiger partial charge >= 0.3 is 5.69 Å². The van der Waals surface area contributed by atoms with Gasteiger partial charge in [0.2, 0.25) is 0 Å². The summed E-state index contributed by atoms with van der Waals surface area (Å²) in [5, 5.41) is 23.3. The van der Waals surface area contributed by atoms with Gasteiger partial charge in [-0.25, -0.2) is 4.79 Å². The summed E-state index contributed by atoms with van der Waals surface area (Å²) < 4.78 is 13.8. The molecule has 2 heterocycles. The van der Waals surface area contributed by atoms with Crippen molar-refractivity contribution in [2.45, 2.75) is 50.3 Å². The van der Waals surface area contributed by atoms with Crippen LogP contribution in [0.1, 0.15) is 27.0 Å². The van der Waals surface area contributed by atoms with Gasteiger partial charge in [-0.05, 0) is 15.4 Å². The number of aliphatic hydroxyl groups excluding tert-OH is 2. The Balaban J connectivity index is 1.68. The highest BCUT2D eigenvalue weighted by atomic mass is 28.4. The fraction of sp³-hybridized carbons (Fsp3) is 0.360. The molecule has 1 aromatic heterocycles. The van der Waals surface area contributed by atoms with Crippen molar-refractivity contribution < 1.29 is 19.4 Å². The summed E-state index contributed by atoms with van der Waals surface area (Å²) in [6.45, 7) is 6.44. The number of nitrogens with one attached hydrogen (secondary N) is 1. The van der Waals surface area contributed by atoms with Crippen LogP contribution in [0.2, 0.25) is 5.04 Å². The van der Waals surface area contributed by atoms with Crippen LogP contribution in [0.5, 0.6) is 0 Å². The van der Waals surface area contributed by atoms with Gasteiger partial charge in [-0.15, -0.1) is 0 Å². The zero-order chi connectivity index (χ0) is 24.5. The first-order valence-electron chi connectivity index (χ1n) is 11.2. The molecule has 0 radical (unpaired) electrons. The lowest BCUT2D eigenvalue weighted by Crippen LogP contribution is -2.67. The summed E-state index contributed by atoms with van der Waals surface area (Å²) in [4.78, 5) is 25.8. The van der Waals surface area contributed by atoms with Gasteiger partial charge in [0.1, 0.15) is 18.3 Å². The van der Waals surface area contributed by atoms with E-state index < -0.39 is 44.1 Å². The number of H-pyrrole nitrogens is 1. The van der Waals surface area contributed by atoms with Crippen molar-refractivity contribution in [3.63, 3.8) is 0 Å². The quantitative estimate of drug-likeness (QED) is 0.447. The zero-order valence-electron chi connectivity index (χ0n) is 19.4. The summed E-state index contributed by atoms with van der Waals surface area (Å²) >= 11 is 0. The normalized spacial score (nSPS) is 23.2. The topological polar surface area (TPSA) is 114 Å². The van der Waals surface area contributed by atoms with Gasteiger partial charge in [0.15, 0.2) is 6.23 Å². The number of ether oxygens (including phenoxy) is 1. The average molecular weight is 483 g/mol. The van der Waals surface area contributed by atoms with E-state index in [1.54, 1.807) is 0 Å². The molecule has 4 rings (SSSR count). The van der Waals surface area contributed by atoms with E-state index >= 15 is 0 Å². The molecule has 1 aliphatic heterocycles. The Labute approximate surface area is 198 Å². The Morgan fingerprint density at radius 2 is 1.50 bits per heavy atom. The Hall–Kier alpha value is -2.82. The number of hydrogen-bond acceptors (Lipinski definition) is 6. The highest BCUT2D eigenvalue weighted by Gasteiger charge is 2.52. The van der Waals surface area contributed by atoms with Crippen LogP contribution in [-0.4, -0.2) is 53.0 Å². The third-order valence-corrected chi connectivity index (χ3v) is 11.3. The summed E-state index contributed by atoms with van der Waals surface area (Å²) in [5.41, 5.74) is -1.28. The van der Waals surface area contributed by atoms with Gasteiger partial charge in [-0.2, -0.15) is 0 Å². The molecule has 4 atom stereocenters. The minimum Gasteiger partial charge on any atom is -0.405 e. The fourth-order valence-electron chi connectivity index (χ4n) is 4.69. The fourth-order valence-corrected chi connectivity index (χ4v) is 9.26.